The van der Waals surface area contributed by atoms with Crippen LogP contribution in [0.3, 0.4) is 0 Å². The second-order valence-corrected chi connectivity index (χ2v) is 12.2. The molecule has 0 aliphatic carbocycles. The molecule has 3 aromatic rings. The van der Waals surface area contributed by atoms with E-state index >= 15 is 0 Å². The number of aryl methyl sites for hydroxylation is 2. The third kappa shape index (κ3) is 8.99. The third-order valence-electron chi connectivity index (χ3n) is 7.72. The molecular weight excluding hydrogens is 556 g/mol. The fraction of sp³-hybridized carbons (Fsp3) is 0.371. The highest BCUT2D eigenvalue weighted by Crippen LogP contribution is 2.27. The number of nitriles is 1. The Labute approximate surface area is 259 Å². The minimum absolute atomic E-state index is 0.145. The first-order valence-electron chi connectivity index (χ1n) is 14.7. The van der Waals surface area contributed by atoms with Gasteiger partial charge >= 0.3 is 5.97 Å². The number of amides is 2. The molecule has 232 valence electrons. The number of nitrogens with one attached hydrogen (secondary N) is 2. The van der Waals surface area contributed by atoms with E-state index in [1.807, 2.05) is 101 Å². The Morgan fingerprint density at radius 1 is 0.977 bits per heavy atom. The van der Waals surface area contributed by atoms with Crippen LogP contribution in [-0.4, -0.2) is 35.0 Å². The van der Waals surface area contributed by atoms with E-state index in [1.54, 1.807) is 6.07 Å². The molecule has 9 heteroatoms. The van der Waals surface area contributed by atoms with Crippen LogP contribution >= 0.6 is 0 Å². The second-order valence-electron chi connectivity index (χ2n) is 12.2. The molecule has 0 aliphatic rings. The molecule has 0 saturated carbocycles. The lowest BCUT2D eigenvalue weighted by molar-refractivity contribution is -0.160. The Morgan fingerprint density at radius 2 is 1.68 bits per heavy atom. The molecule has 0 unspecified atom stereocenters. The second kappa shape index (κ2) is 15.3. The van der Waals surface area contributed by atoms with Crippen molar-refractivity contribution in [2.24, 2.45) is 17.2 Å². The van der Waals surface area contributed by atoms with E-state index in [-0.39, 0.29) is 18.4 Å². The number of rotatable bonds is 12. The minimum atomic E-state index is -1.80. The molecule has 0 heterocycles. The summed E-state index contributed by atoms with van der Waals surface area (Å²) < 4.78 is 0. The van der Waals surface area contributed by atoms with Gasteiger partial charge in [0.2, 0.25) is 11.8 Å². The predicted molar refractivity (Wildman–Crippen MR) is 168 cm³/mol. The van der Waals surface area contributed by atoms with Crippen LogP contribution in [-0.2, 0) is 25.6 Å². The number of nitrogens with zero attached hydrogens (tertiary/aromatic N) is 1. The molecule has 0 fully saturated rings. The van der Waals surface area contributed by atoms with E-state index in [1.165, 1.54) is 0 Å². The fourth-order valence-electron chi connectivity index (χ4n) is 5.20. The monoisotopic (exact) mass is 598 g/mol. The molecule has 4 atom stereocenters. The average Bonchev–Trinajstić information content (AvgIpc) is 3.00. The number of benzene rings is 3. The van der Waals surface area contributed by atoms with Crippen molar-refractivity contribution in [3.05, 3.63) is 95.1 Å². The molecular formula is C35H42N4O5. The lowest BCUT2D eigenvalue weighted by Crippen LogP contribution is -2.56. The lowest BCUT2D eigenvalue weighted by Gasteiger charge is -2.33. The average molecular weight is 599 g/mol. The van der Waals surface area contributed by atoms with Crippen LogP contribution in [0.2, 0.25) is 0 Å². The zero-order valence-corrected chi connectivity index (χ0v) is 26.0. The summed E-state index contributed by atoms with van der Waals surface area (Å²) >= 11 is 0. The van der Waals surface area contributed by atoms with Crippen molar-refractivity contribution in [2.75, 3.05) is 0 Å². The summed E-state index contributed by atoms with van der Waals surface area (Å²) in [7, 11) is 0. The van der Waals surface area contributed by atoms with Crippen molar-refractivity contribution in [3.63, 3.8) is 0 Å². The van der Waals surface area contributed by atoms with Crippen LogP contribution in [0.1, 0.15) is 68.8 Å². The molecule has 0 aliphatic heterocycles. The van der Waals surface area contributed by atoms with Crippen LogP contribution in [0.15, 0.2) is 72.8 Å². The van der Waals surface area contributed by atoms with Gasteiger partial charge in [-0.15, -0.1) is 0 Å². The smallest absolute Gasteiger partial charge is 0.354 e. The first kappa shape index (κ1) is 34.0. The summed E-state index contributed by atoms with van der Waals surface area (Å²) in [5.74, 6) is 1.69. The van der Waals surface area contributed by atoms with Gasteiger partial charge in [0.1, 0.15) is 6.04 Å². The van der Waals surface area contributed by atoms with Gasteiger partial charge in [-0.25, -0.2) is 4.79 Å². The summed E-state index contributed by atoms with van der Waals surface area (Å²) in [5.41, 5.74) is 4.83. The Balaban J connectivity index is 1.73. The van der Waals surface area contributed by atoms with Gasteiger partial charge in [0, 0.05) is 0 Å². The quantitative estimate of drug-likeness (QED) is 0.221. The molecule has 0 saturated heterocycles. The maximum absolute atomic E-state index is 13.6. The van der Waals surface area contributed by atoms with Crippen LogP contribution in [0, 0.1) is 29.6 Å². The van der Waals surface area contributed by atoms with Crippen LogP contribution in [0.4, 0.5) is 0 Å². The van der Waals surface area contributed by atoms with Gasteiger partial charge in [-0.3, -0.25) is 9.59 Å². The molecule has 0 radical (unpaired) electrons. The molecule has 3 aromatic carbocycles. The summed E-state index contributed by atoms with van der Waals surface area (Å²) in [6.45, 7) is 9.33. The van der Waals surface area contributed by atoms with Gasteiger partial charge < -0.3 is 20.6 Å². The van der Waals surface area contributed by atoms with Crippen LogP contribution < -0.4 is 16.5 Å². The van der Waals surface area contributed by atoms with Crippen molar-refractivity contribution < 1.29 is 24.3 Å². The maximum Gasteiger partial charge on any atom is 0.354 e. The maximum atomic E-state index is 13.6. The van der Waals surface area contributed by atoms with Crippen molar-refractivity contribution >= 4 is 17.8 Å². The molecule has 0 aromatic heterocycles. The summed E-state index contributed by atoms with van der Waals surface area (Å²) in [4.78, 5) is 43.4. The molecule has 9 nitrogen and oxygen atoms in total. The van der Waals surface area contributed by atoms with Gasteiger partial charge in [0.25, 0.3) is 0 Å². The SMILES string of the molecule is Cc1cc(CCC[C@@H](C(=O)N[C@H](C(=O)N[C@H](C)c2ccccc2)C(C)(C)C)[C@H](O)C(=O)ON)ccc1-c1cccc(C#N)c1. The first-order chi connectivity index (χ1) is 20.8. The number of carbonyl (C=O) groups excluding carboxylic acids is 3. The van der Waals surface area contributed by atoms with Crippen molar-refractivity contribution in [3.8, 4) is 17.2 Å². The van der Waals surface area contributed by atoms with Crippen LogP contribution in [0.25, 0.3) is 11.1 Å². The van der Waals surface area contributed by atoms with Gasteiger partial charge in [-0.1, -0.05) is 81.4 Å². The summed E-state index contributed by atoms with van der Waals surface area (Å²) in [6, 6.07) is 23.8. The third-order valence-corrected chi connectivity index (χ3v) is 7.72. The Kier molecular flexibility index (Phi) is 11.8. The Morgan fingerprint density at radius 3 is 2.30 bits per heavy atom. The van der Waals surface area contributed by atoms with E-state index in [0.717, 1.165) is 27.8 Å². The highest BCUT2D eigenvalue weighted by atomic mass is 16.7. The molecule has 44 heavy (non-hydrogen) atoms. The molecule has 5 N–H and O–H groups in total. The molecule has 2 amide bonds. The minimum Gasteiger partial charge on any atom is -0.381 e. The number of aliphatic hydroxyl groups is 1. The molecule has 0 bridgehead atoms. The number of hydrogen-bond donors (Lipinski definition) is 4. The summed E-state index contributed by atoms with van der Waals surface area (Å²) in [5, 5.41) is 25.7. The normalized spacial score (nSPS) is 14.0. The molecule has 3 rings (SSSR count). The van der Waals surface area contributed by atoms with E-state index in [0.29, 0.717) is 18.4 Å². The van der Waals surface area contributed by atoms with E-state index < -0.39 is 35.4 Å². The lowest BCUT2D eigenvalue weighted by atomic mass is 9.84. The van der Waals surface area contributed by atoms with Crippen LogP contribution in [0.5, 0.6) is 0 Å². The predicted octanol–water partition coefficient (Wildman–Crippen LogP) is 4.66. The standard InChI is InChI=1S/C35H42N4O5/c1-22-19-24(17-18-28(22)27-15-9-12-25(20-27)21-36)11-10-16-29(30(40)34(43)44-37)32(41)39-31(35(3,4)5)33(42)38-23(2)26-13-7-6-8-14-26/h6-9,12-15,17-20,23,29-31,40H,10-11,16,37H2,1-5H3,(H,38,42)(H,39,41)/t23-,29-,30+,31-/m1/s1. The number of hydrogen-bond acceptors (Lipinski definition) is 7. The zero-order valence-electron chi connectivity index (χ0n) is 26.0. The highest BCUT2D eigenvalue weighted by molar-refractivity contribution is 5.91. The first-order valence-corrected chi connectivity index (χ1v) is 14.7. The van der Waals surface area contributed by atoms with E-state index in [2.05, 4.69) is 21.5 Å². The van der Waals surface area contributed by atoms with Gasteiger partial charge in [0.05, 0.1) is 23.6 Å². The number of carbonyl (C=O) groups is 3. The van der Waals surface area contributed by atoms with Gasteiger partial charge in [-0.05, 0) is 78.5 Å². The van der Waals surface area contributed by atoms with Gasteiger partial charge in [0.15, 0.2) is 6.10 Å². The fourth-order valence-corrected chi connectivity index (χ4v) is 5.20. The Hall–Kier alpha value is -4.52. The van der Waals surface area contributed by atoms with E-state index in [9.17, 15) is 24.8 Å². The highest BCUT2D eigenvalue weighted by Gasteiger charge is 2.38. The Bertz CT molecular complexity index is 1490. The van der Waals surface area contributed by atoms with Crippen molar-refractivity contribution in [1.82, 2.24) is 10.6 Å². The number of aliphatic hydroxyl groups excluding tert-OH is 1. The summed E-state index contributed by atoms with van der Waals surface area (Å²) in [6.07, 6.45) is -0.617. The molecule has 0 spiro atoms. The van der Waals surface area contributed by atoms with Crippen molar-refractivity contribution in [2.45, 2.75) is 72.1 Å². The largest absolute Gasteiger partial charge is 0.381 e. The number of nitrogens with two attached hydrogens (primary N) is 1. The zero-order chi connectivity index (χ0) is 32.4. The van der Waals surface area contributed by atoms with E-state index in [4.69, 9.17) is 5.90 Å². The van der Waals surface area contributed by atoms with Crippen molar-refractivity contribution in [1.29, 1.82) is 5.26 Å². The topological polar surface area (TPSA) is 155 Å². The van der Waals surface area contributed by atoms with Gasteiger partial charge in [-0.2, -0.15) is 11.2 Å².